The fourth-order valence-electron chi connectivity index (χ4n) is 2.77. The van der Waals surface area contributed by atoms with E-state index >= 15 is 0 Å². The van der Waals surface area contributed by atoms with Crippen molar-refractivity contribution in [1.82, 2.24) is 0 Å². The Morgan fingerprint density at radius 2 is 1.21 bits per heavy atom. The number of halogens is 1. The van der Waals surface area contributed by atoms with Crippen molar-refractivity contribution in [2.24, 2.45) is 0 Å². The van der Waals surface area contributed by atoms with Gasteiger partial charge in [0.2, 0.25) is 5.91 Å². The highest BCUT2D eigenvalue weighted by atomic mass is 35.5. The number of methoxy groups -OCH3 is 1. The number of amides is 2. The molecular formula is C25H23ClN2O6. The van der Waals surface area contributed by atoms with Crippen molar-refractivity contribution in [3.05, 3.63) is 77.8 Å². The Hall–Kier alpha value is -4.04. The van der Waals surface area contributed by atoms with Gasteiger partial charge >= 0.3 is 5.97 Å². The van der Waals surface area contributed by atoms with E-state index in [1.807, 2.05) is 0 Å². The Kier molecular flexibility index (Phi) is 8.88. The van der Waals surface area contributed by atoms with Gasteiger partial charge in [0.1, 0.15) is 17.2 Å². The molecule has 0 bridgehead atoms. The fourth-order valence-corrected chi connectivity index (χ4v) is 2.90. The maximum absolute atomic E-state index is 12.1. The van der Waals surface area contributed by atoms with Gasteiger partial charge in [-0.15, -0.1) is 0 Å². The lowest BCUT2D eigenvalue weighted by Crippen LogP contribution is -2.21. The number of benzene rings is 3. The first-order chi connectivity index (χ1) is 16.4. The van der Waals surface area contributed by atoms with E-state index in [0.29, 0.717) is 33.6 Å². The van der Waals surface area contributed by atoms with Crippen LogP contribution in [0.3, 0.4) is 0 Å². The third-order valence-corrected chi connectivity index (χ3v) is 4.73. The lowest BCUT2D eigenvalue weighted by Gasteiger charge is -2.09. The van der Waals surface area contributed by atoms with Crippen molar-refractivity contribution in [3.8, 4) is 17.2 Å². The average Bonchev–Trinajstić information content (AvgIpc) is 2.84. The number of anilines is 2. The predicted molar refractivity (Wildman–Crippen MR) is 128 cm³/mol. The first kappa shape index (κ1) is 24.6. The van der Waals surface area contributed by atoms with Crippen molar-refractivity contribution < 1.29 is 28.6 Å². The second-order valence-electron chi connectivity index (χ2n) is 7.07. The molecule has 0 aromatic heterocycles. The monoisotopic (exact) mass is 482 g/mol. The first-order valence-electron chi connectivity index (χ1n) is 10.3. The van der Waals surface area contributed by atoms with Gasteiger partial charge in [0.15, 0.2) is 6.61 Å². The Balaban J connectivity index is 1.35. The van der Waals surface area contributed by atoms with Crippen LogP contribution in [0.4, 0.5) is 11.4 Å². The molecule has 0 atom stereocenters. The van der Waals surface area contributed by atoms with Crippen molar-refractivity contribution in [2.75, 3.05) is 24.4 Å². The van der Waals surface area contributed by atoms with E-state index < -0.39 is 18.5 Å². The van der Waals surface area contributed by atoms with E-state index in [1.54, 1.807) is 79.9 Å². The third-order valence-electron chi connectivity index (χ3n) is 4.48. The summed E-state index contributed by atoms with van der Waals surface area (Å²) in [5.41, 5.74) is 1.10. The SMILES string of the molecule is COc1ccc(NC(=O)COC(=O)CCC(=O)Nc2ccc(Oc3ccc(Cl)cc3)cc2)cc1. The van der Waals surface area contributed by atoms with E-state index in [-0.39, 0.29) is 18.7 Å². The van der Waals surface area contributed by atoms with Crippen LogP contribution in [0.2, 0.25) is 5.02 Å². The van der Waals surface area contributed by atoms with Crippen molar-refractivity contribution in [3.63, 3.8) is 0 Å². The second kappa shape index (κ2) is 12.3. The fraction of sp³-hybridized carbons (Fsp3) is 0.160. The molecule has 0 aliphatic carbocycles. The summed E-state index contributed by atoms with van der Waals surface area (Å²) in [6, 6.07) is 20.5. The molecule has 0 aliphatic heterocycles. The van der Waals surface area contributed by atoms with Gasteiger partial charge in [-0.1, -0.05) is 11.6 Å². The summed E-state index contributed by atoms with van der Waals surface area (Å²) < 4.78 is 15.7. The largest absolute Gasteiger partial charge is 0.497 e. The standard InChI is InChI=1S/C25H23ClN2O6/c1-32-20-10-4-19(5-11-20)28-24(30)16-33-25(31)15-14-23(29)27-18-6-12-22(13-7-18)34-21-8-2-17(26)3-9-21/h2-13H,14-16H2,1H3,(H,27,29)(H,28,30). The van der Waals surface area contributed by atoms with Gasteiger partial charge in [0.05, 0.1) is 13.5 Å². The molecule has 34 heavy (non-hydrogen) atoms. The van der Waals surface area contributed by atoms with E-state index in [2.05, 4.69) is 10.6 Å². The lowest BCUT2D eigenvalue weighted by molar-refractivity contribution is -0.147. The van der Waals surface area contributed by atoms with Gasteiger partial charge in [-0.05, 0) is 72.8 Å². The summed E-state index contributed by atoms with van der Waals surface area (Å²) in [5, 5.41) is 5.91. The van der Waals surface area contributed by atoms with E-state index in [4.69, 9.17) is 25.8 Å². The molecule has 0 unspecified atom stereocenters. The smallest absolute Gasteiger partial charge is 0.306 e. The Bertz CT molecular complexity index is 1120. The Morgan fingerprint density at radius 3 is 1.76 bits per heavy atom. The summed E-state index contributed by atoms with van der Waals surface area (Å²) in [4.78, 5) is 35.9. The molecular weight excluding hydrogens is 460 g/mol. The number of carbonyl (C=O) groups excluding carboxylic acids is 3. The minimum absolute atomic E-state index is 0.0814. The van der Waals surface area contributed by atoms with Crippen LogP contribution in [-0.2, 0) is 19.1 Å². The van der Waals surface area contributed by atoms with E-state index in [1.165, 1.54) is 0 Å². The number of nitrogens with one attached hydrogen (secondary N) is 2. The first-order valence-corrected chi connectivity index (χ1v) is 10.7. The van der Waals surface area contributed by atoms with Crippen LogP contribution in [0.1, 0.15) is 12.8 Å². The molecule has 0 radical (unpaired) electrons. The summed E-state index contributed by atoms with van der Waals surface area (Å²) >= 11 is 5.85. The van der Waals surface area contributed by atoms with Crippen LogP contribution in [-0.4, -0.2) is 31.5 Å². The van der Waals surface area contributed by atoms with Crippen LogP contribution in [0.15, 0.2) is 72.8 Å². The number of ether oxygens (including phenoxy) is 3. The molecule has 3 aromatic carbocycles. The van der Waals surface area contributed by atoms with Gasteiger partial charge in [-0.25, -0.2) is 0 Å². The summed E-state index contributed by atoms with van der Waals surface area (Å²) in [6.07, 6.45) is -0.235. The normalized spacial score (nSPS) is 10.2. The Morgan fingerprint density at radius 1 is 0.706 bits per heavy atom. The minimum Gasteiger partial charge on any atom is -0.497 e. The molecule has 3 aromatic rings. The minimum atomic E-state index is -0.647. The maximum atomic E-state index is 12.1. The summed E-state index contributed by atoms with van der Waals surface area (Å²) in [6.45, 7) is -0.443. The number of esters is 1. The zero-order chi connectivity index (χ0) is 24.3. The zero-order valence-corrected chi connectivity index (χ0v) is 19.1. The second-order valence-corrected chi connectivity index (χ2v) is 7.50. The summed E-state index contributed by atoms with van der Waals surface area (Å²) in [5.74, 6) is 0.403. The predicted octanol–water partition coefficient (Wildman–Crippen LogP) is 5.04. The topological polar surface area (TPSA) is 103 Å². The van der Waals surface area contributed by atoms with E-state index in [9.17, 15) is 14.4 Å². The molecule has 0 heterocycles. The van der Waals surface area contributed by atoms with Gasteiger partial charge < -0.3 is 24.8 Å². The Labute approximate surface area is 201 Å². The van der Waals surface area contributed by atoms with Gasteiger partial charge in [0.25, 0.3) is 5.91 Å². The maximum Gasteiger partial charge on any atom is 0.306 e. The molecule has 0 aliphatic rings. The third kappa shape index (κ3) is 8.14. The van der Waals surface area contributed by atoms with Gasteiger partial charge in [0, 0.05) is 22.8 Å². The molecule has 2 amide bonds. The van der Waals surface area contributed by atoms with Crippen LogP contribution in [0.25, 0.3) is 0 Å². The van der Waals surface area contributed by atoms with Gasteiger partial charge in [-0.2, -0.15) is 0 Å². The quantitative estimate of drug-likeness (QED) is 0.392. The number of carbonyl (C=O) groups is 3. The molecule has 8 nitrogen and oxygen atoms in total. The van der Waals surface area contributed by atoms with Crippen LogP contribution in [0.5, 0.6) is 17.2 Å². The van der Waals surface area contributed by atoms with Crippen molar-refractivity contribution in [1.29, 1.82) is 0 Å². The highest BCUT2D eigenvalue weighted by Gasteiger charge is 2.11. The van der Waals surface area contributed by atoms with Crippen LogP contribution >= 0.6 is 11.6 Å². The highest BCUT2D eigenvalue weighted by Crippen LogP contribution is 2.24. The molecule has 0 spiro atoms. The van der Waals surface area contributed by atoms with Crippen molar-refractivity contribution >= 4 is 40.8 Å². The molecule has 9 heteroatoms. The average molecular weight is 483 g/mol. The number of hydrogen-bond acceptors (Lipinski definition) is 6. The molecule has 176 valence electrons. The number of hydrogen-bond donors (Lipinski definition) is 2. The molecule has 3 rings (SSSR count). The lowest BCUT2D eigenvalue weighted by atomic mass is 10.2. The molecule has 0 saturated carbocycles. The van der Waals surface area contributed by atoms with E-state index in [0.717, 1.165) is 0 Å². The zero-order valence-electron chi connectivity index (χ0n) is 18.4. The molecule has 2 N–H and O–H groups in total. The van der Waals surface area contributed by atoms with Crippen LogP contribution in [0, 0.1) is 0 Å². The number of rotatable bonds is 10. The molecule has 0 fully saturated rings. The van der Waals surface area contributed by atoms with Crippen molar-refractivity contribution in [2.45, 2.75) is 12.8 Å². The van der Waals surface area contributed by atoms with Gasteiger partial charge in [-0.3, -0.25) is 14.4 Å². The summed E-state index contributed by atoms with van der Waals surface area (Å²) in [7, 11) is 1.54. The van der Waals surface area contributed by atoms with Crippen LogP contribution < -0.4 is 20.1 Å². The molecule has 0 saturated heterocycles. The highest BCUT2D eigenvalue weighted by molar-refractivity contribution is 6.30.